The number of alkyl halides is 1. The zero-order valence-corrected chi connectivity index (χ0v) is 10.2. The number of unbranched alkanes of at least 4 members (excludes halogenated alkanes) is 1. The summed E-state index contributed by atoms with van der Waals surface area (Å²) in [5.41, 5.74) is 0. The van der Waals surface area contributed by atoms with Crippen molar-refractivity contribution >= 4 is 21.9 Å². The average molecular weight is 281 g/mol. The minimum atomic E-state index is -0.455. The van der Waals surface area contributed by atoms with Gasteiger partial charge in [0.25, 0.3) is 0 Å². The molecule has 0 radical (unpaired) electrons. The van der Waals surface area contributed by atoms with E-state index in [1.54, 1.807) is 0 Å². The molecule has 0 heterocycles. The highest BCUT2D eigenvalue weighted by molar-refractivity contribution is 9.09. The Hall–Kier alpha value is -0.390. The molecule has 0 spiro atoms. The number of ether oxygens (including phenoxy) is 2. The van der Waals surface area contributed by atoms with Crippen molar-refractivity contribution in [2.75, 3.05) is 25.2 Å². The second kappa shape index (κ2) is 10.1. The third kappa shape index (κ3) is 9.90. The first-order valence-electron chi connectivity index (χ1n) is 4.81. The molecule has 5 heteroatoms. The fourth-order valence-electron chi connectivity index (χ4n) is 0.802. The normalized spacial score (nSPS) is 12.1. The first kappa shape index (κ1) is 14.6. The van der Waals surface area contributed by atoms with Gasteiger partial charge < -0.3 is 14.6 Å². The van der Waals surface area contributed by atoms with Gasteiger partial charge in [0.15, 0.2) is 0 Å². The van der Waals surface area contributed by atoms with E-state index in [1.807, 2.05) is 0 Å². The third-order valence-electron chi connectivity index (χ3n) is 1.58. The van der Waals surface area contributed by atoms with Gasteiger partial charge in [0, 0.05) is 18.0 Å². The number of hydrogen-bond acceptors (Lipinski definition) is 4. The molecule has 1 unspecified atom stereocenters. The van der Waals surface area contributed by atoms with E-state index in [1.165, 1.54) is 0 Å². The van der Waals surface area contributed by atoms with Gasteiger partial charge in [0.2, 0.25) is 0 Å². The zero-order valence-electron chi connectivity index (χ0n) is 8.65. The van der Waals surface area contributed by atoms with Crippen LogP contribution in [-0.4, -0.2) is 42.3 Å². The van der Waals surface area contributed by atoms with Crippen molar-refractivity contribution < 1.29 is 19.4 Å². The highest BCUT2D eigenvalue weighted by Gasteiger charge is 2.00. The van der Waals surface area contributed by atoms with Crippen LogP contribution in [-0.2, 0) is 14.3 Å². The second-order valence-corrected chi connectivity index (χ2v) is 3.61. The second-order valence-electron chi connectivity index (χ2n) is 2.96. The average Bonchev–Trinajstić information content (AvgIpc) is 2.26. The van der Waals surface area contributed by atoms with E-state index in [9.17, 15) is 4.79 Å². The van der Waals surface area contributed by atoms with Crippen molar-refractivity contribution in [1.29, 1.82) is 0 Å². The fourth-order valence-corrected chi connectivity index (χ4v) is 0.989. The molecular weight excluding hydrogens is 264 g/mol. The van der Waals surface area contributed by atoms with E-state index in [0.29, 0.717) is 25.2 Å². The monoisotopic (exact) mass is 280 g/mol. The molecule has 15 heavy (non-hydrogen) atoms. The Morgan fingerprint density at radius 1 is 1.47 bits per heavy atom. The predicted molar refractivity (Wildman–Crippen MR) is 61.0 cm³/mol. The van der Waals surface area contributed by atoms with Crippen LogP contribution in [0.5, 0.6) is 0 Å². The molecule has 0 aliphatic rings. The van der Waals surface area contributed by atoms with Crippen molar-refractivity contribution in [2.24, 2.45) is 0 Å². The summed E-state index contributed by atoms with van der Waals surface area (Å²) in [6.45, 7) is 4.57. The van der Waals surface area contributed by atoms with Crippen molar-refractivity contribution in [3.63, 3.8) is 0 Å². The Balaban J connectivity index is 3.11. The zero-order chi connectivity index (χ0) is 11.5. The summed E-state index contributed by atoms with van der Waals surface area (Å²) >= 11 is 3.14. The lowest BCUT2D eigenvalue weighted by molar-refractivity contribution is -0.137. The molecule has 0 fully saturated rings. The Morgan fingerprint density at radius 3 is 2.73 bits per heavy atom. The van der Waals surface area contributed by atoms with Crippen LogP contribution in [0.25, 0.3) is 0 Å². The Bertz CT molecular complexity index is 184. The van der Waals surface area contributed by atoms with E-state index in [2.05, 4.69) is 22.5 Å². The van der Waals surface area contributed by atoms with Gasteiger partial charge in [-0.05, 0) is 12.8 Å². The first-order valence-corrected chi connectivity index (χ1v) is 5.93. The molecule has 0 aliphatic carbocycles. The molecule has 0 saturated carbocycles. The third-order valence-corrected chi connectivity index (χ3v) is 2.33. The maximum atomic E-state index is 10.6. The van der Waals surface area contributed by atoms with E-state index >= 15 is 0 Å². The van der Waals surface area contributed by atoms with Crippen molar-refractivity contribution in [2.45, 2.75) is 18.9 Å². The first-order chi connectivity index (χ1) is 7.20. The summed E-state index contributed by atoms with van der Waals surface area (Å²) in [4.78, 5) is 10.6. The van der Waals surface area contributed by atoms with E-state index < -0.39 is 12.1 Å². The summed E-state index contributed by atoms with van der Waals surface area (Å²) in [5, 5.41) is 9.63. The Labute approximate surface area is 98.4 Å². The molecular formula is C10H17BrO4. The van der Waals surface area contributed by atoms with E-state index in [0.717, 1.165) is 18.9 Å². The topological polar surface area (TPSA) is 55.8 Å². The molecule has 0 rings (SSSR count). The molecule has 1 atom stereocenters. The SMILES string of the molecule is C=CC(=O)OCCCCOCC(O)CBr. The van der Waals surface area contributed by atoms with Crippen LogP contribution in [0.4, 0.5) is 0 Å². The standard InChI is InChI=1S/C10H17BrO4/c1-2-10(13)15-6-4-3-5-14-8-9(12)7-11/h2,9,12H,1,3-8H2. The van der Waals surface area contributed by atoms with Gasteiger partial charge in [-0.25, -0.2) is 4.79 Å². The number of aliphatic hydroxyl groups is 1. The minimum absolute atomic E-state index is 0.331. The Morgan fingerprint density at radius 2 is 2.13 bits per heavy atom. The highest BCUT2D eigenvalue weighted by atomic mass is 79.9. The van der Waals surface area contributed by atoms with Crippen molar-refractivity contribution in [1.82, 2.24) is 0 Å². The van der Waals surface area contributed by atoms with Crippen LogP contribution < -0.4 is 0 Å². The Kier molecular flexibility index (Phi) is 9.88. The molecule has 4 nitrogen and oxygen atoms in total. The summed E-state index contributed by atoms with van der Waals surface area (Å²) in [5.74, 6) is -0.398. The molecule has 0 aliphatic heterocycles. The quantitative estimate of drug-likeness (QED) is 0.299. The minimum Gasteiger partial charge on any atom is -0.463 e. The molecule has 0 aromatic rings. The number of esters is 1. The van der Waals surface area contributed by atoms with Crippen molar-refractivity contribution in [3.8, 4) is 0 Å². The van der Waals surface area contributed by atoms with Gasteiger partial charge in [0.05, 0.1) is 19.3 Å². The van der Waals surface area contributed by atoms with Gasteiger partial charge in [0.1, 0.15) is 0 Å². The molecule has 0 amide bonds. The maximum absolute atomic E-state index is 10.6. The van der Waals surface area contributed by atoms with Crippen LogP contribution in [0.2, 0.25) is 0 Å². The van der Waals surface area contributed by atoms with Crippen LogP contribution in [0, 0.1) is 0 Å². The molecule has 0 saturated heterocycles. The summed E-state index contributed by atoms with van der Waals surface area (Å²) in [7, 11) is 0. The summed E-state index contributed by atoms with van der Waals surface area (Å²) < 4.78 is 9.95. The largest absolute Gasteiger partial charge is 0.463 e. The molecule has 88 valence electrons. The smallest absolute Gasteiger partial charge is 0.330 e. The molecule has 0 aromatic carbocycles. The van der Waals surface area contributed by atoms with E-state index in [4.69, 9.17) is 14.6 Å². The lowest BCUT2D eigenvalue weighted by Gasteiger charge is -2.07. The van der Waals surface area contributed by atoms with Gasteiger partial charge in [-0.3, -0.25) is 0 Å². The lowest BCUT2D eigenvalue weighted by Crippen LogP contribution is -2.17. The maximum Gasteiger partial charge on any atom is 0.330 e. The van der Waals surface area contributed by atoms with Gasteiger partial charge in [-0.15, -0.1) is 0 Å². The summed E-state index contributed by atoms with van der Waals surface area (Å²) in [6.07, 6.45) is 2.25. The van der Waals surface area contributed by atoms with Crippen LogP contribution in [0.1, 0.15) is 12.8 Å². The number of carbonyl (C=O) groups is 1. The number of halogens is 1. The number of carbonyl (C=O) groups excluding carboxylic acids is 1. The highest BCUT2D eigenvalue weighted by Crippen LogP contribution is 1.95. The van der Waals surface area contributed by atoms with Gasteiger partial charge >= 0.3 is 5.97 Å². The molecule has 0 aromatic heterocycles. The van der Waals surface area contributed by atoms with Gasteiger partial charge in [-0.1, -0.05) is 22.5 Å². The van der Waals surface area contributed by atoms with Crippen molar-refractivity contribution in [3.05, 3.63) is 12.7 Å². The lowest BCUT2D eigenvalue weighted by atomic mass is 10.3. The van der Waals surface area contributed by atoms with Crippen LogP contribution in [0.15, 0.2) is 12.7 Å². The molecule has 0 bridgehead atoms. The fraction of sp³-hybridized carbons (Fsp3) is 0.700. The summed E-state index contributed by atoms with van der Waals surface area (Å²) in [6, 6.07) is 0. The molecule has 1 N–H and O–H groups in total. The van der Waals surface area contributed by atoms with E-state index in [-0.39, 0.29) is 0 Å². The number of rotatable bonds is 9. The van der Waals surface area contributed by atoms with Crippen LogP contribution >= 0.6 is 15.9 Å². The number of hydrogen-bond donors (Lipinski definition) is 1. The number of aliphatic hydroxyl groups excluding tert-OH is 1. The van der Waals surface area contributed by atoms with Crippen LogP contribution in [0.3, 0.4) is 0 Å². The van der Waals surface area contributed by atoms with Gasteiger partial charge in [-0.2, -0.15) is 0 Å². The predicted octanol–water partition coefficient (Wildman–Crippen LogP) is 1.27.